The van der Waals surface area contributed by atoms with Crippen LogP contribution in [0.1, 0.15) is 5.69 Å². The van der Waals surface area contributed by atoms with E-state index in [9.17, 15) is 13.6 Å². The minimum atomic E-state index is -4.20. The number of aryl methyl sites for hydroxylation is 1. The molecule has 7 heteroatoms. The van der Waals surface area contributed by atoms with Gasteiger partial charge in [-0.15, -0.1) is 4.68 Å². The molecule has 0 fully saturated rings. The summed E-state index contributed by atoms with van der Waals surface area (Å²) in [5.74, 6) is 0. The van der Waals surface area contributed by atoms with Gasteiger partial charge in [-0.25, -0.2) is 0 Å². The van der Waals surface area contributed by atoms with Crippen molar-refractivity contribution in [2.24, 2.45) is 0 Å². The molecule has 0 unspecified atom stereocenters. The molecule has 0 aliphatic rings. The van der Waals surface area contributed by atoms with Crippen molar-refractivity contribution < 1.29 is 17.8 Å². The highest BCUT2D eigenvalue weighted by molar-refractivity contribution is 7.85. The summed E-state index contributed by atoms with van der Waals surface area (Å²) >= 11 is 0. The second kappa shape index (κ2) is 3.86. The van der Waals surface area contributed by atoms with Gasteiger partial charge in [0.1, 0.15) is 5.69 Å². The van der Waals surface area contributed by atoms with Gasteiger partial charge in [0, 0.05) is 13.0 Å². The molecule has 0 aliphatic heterocycles. The molecule has 0 amide bonds. The molecule has 0 saturated carbocycles. The van der Waals surface area contributed by atoms with E-state index in [1.807, 2.05) is 0 Å². The smallest absolute Gasteiger partial charge is 0.294 e. The lowest BCUT2D eigenvalue weighted by Crippen LogP contribution is -2.38. The van der Waals surface area contributed by atoms with Gasteiger partial charge >= 0.3 is 0 Å². The van der Waals surface area contributed by atoms with Crippen molar-refractivity contribution >= 4 is 10.1 Å². The quantitative estimate of drug-likeness (QED) is 0.484. The molecule has 2 aromatic rings. The number of benzene rings is 1. The van der Waals surface area contributed by atoms with E-state index < -0.39 is 10.1 Å². The van der Waals surface area contributed by atoms with Crippen LogP contribution in [0.4, 0.5) is 0 Å². The van der Waals surface area contributed by atoms with Crippen molar-refractivity contribution in [3.63, 3.8) is 0 Å². The molecular weight excluding hydrogens is 244 g/mol. The minimum absolute atomic E-state index is 0.206. The number of hydrogen-bond donors (Lipinski definition) is 1. The van der Waals surface area contributed by atoms with Gasteiger partial charge in [-0.3, -0.25) is 4.55 Å². The molecule has 0 spiro atoms. The molecule has 2 rings (SSSR count). The first-order chi connectivity index (χ1) is 7.89. The SMILES string of the molecule is Cc1ccn(-c2ccc(S(=O)(=O)O)cc2)[n+]1[O-]. The lowest BCUT2D eigenvalue weighted by atomic mass is 10.3. The Labute approximate surface area is 98.0 Å². The van der Waals surface area contributed by atoms with Gasteiger partial charge in [0.05, 0.1) is 11.1 Å². The van der Waals surface area contributed by atoms with Crippen LogP contribution < -0.4 is 4.85 Å². The summed E-state index contributed by atoms with van der Waals surface area (Å²) in [4.78, 5) is 0.477. The van der Waals surface area contributed by atoms with E-state index >= 15 is 0 Å². The summed E-state index contributed by atoms with van der Waals surface area (Å²) < 4.78 is 31.8. The zero-order valence-corrected chi connectivity index (χ0v) is 9.76. The molecule has 0 aliphatic carbocycles. The fourth-order valence-corrected chi connectivity index (χ4v) is 1.91. The fraction of sp³-hybridized carbons (Fsp3) is 0.100. The van der Waals surface area contributed by atoms with Crippen LogP contribution in [0.3, 0.4) is 0 Å². The molecule has 90 valence electrons. The average Bonchev–Trinajstić information content (AvgIpc) is 2.59. The summed E-state index contributed by atoms with van der Waals surface area (Å²) in [6.07, 6.45) is 1.57. The second-order valence-corrected chi connectivity index (χ2v) is 4.97. The first-order valence-corrected chi connectivity index (χ1v) is 6.19. The summed E-state index contributed by atoms with van der Waals surface area (Å²) in [5, 5.41) is 11.6. The normalized spacial score (nSPS) is 11.6. The van der Waals surface area contributed by atoms with Crippen LogP contribution in [0.15, 0.2) is 41.4 Å². The maximum atomic E-state index is 11.6. The summed E-state index contributed by atoms with van der Waals surface area (Å²) in [6, 6.07) is 7.00. The Morgan fingerprint density at radius 2 is 1.82 bits per heavy atom. The predicted octanol–water partition coefficient (Wildman–Crippen LogP) is 0.666. The molecular formula is C10H10N2O4S. The third-order valence-corrected chi connectivity index (χ3v) is 3.22. The first kappa shape index (κ1) is 11.6. The van der Waals surface area contributed by atoms with Crippen LogP contribution in [0.25, 0.3) is 5.69 Å². The lowest BCUT2D eigenvalue weighted by molar-refractivity contribution is -0.689. The molecule has 0 bridgehead atoms. The van der Waals surface area contributed by atoms with Crippen molar-refractivity contribution in [2.75, 3.05) is 0 Å². The Hall–Kier alpha value is -1.86. The third-order valence-electron chi connectivity index (χ3n) is 2.35. The van der Waals surface area contributed by atoms with Crippen LogP contribution in [-0.4, -0.2) is 17.7 Å². The molecule has 1 aromatic heterocycles. The van der Waals surface area contributed by atoms with E-state index in [2.05, 4.69) is 0 Å². The van der Waals surface area contributed by atoms with E-state index in [1.165, 1.54) is 28.9 Å². The molecule has 1 heterocycles. The van der Waals surface area contributed by atoms with Gasteiger partial charge in [0.25, 0.3) is 10.1 Å². The molecule has 0 radical (unpaired) electrons. The summed E-state index contributed by atoms with van der Waals surface area (Å²) in [5.41, 5.74) is 1.05. The lowest BCUT2D eigenvalue weighted by Gasteiger charge is -2.04. The Morgan fingerprint density at radius 1 is 1.24 bits per heavy atom. The maximum absolute atomic E-state index is 11.6. The second-order valence-electron chi connectivity index (χ2n) is 3.54. The average molecular weight is 254 g/mol. The molecule has 6 nitrogen and oxygen atoms in total. The molecule has 0 atom stereocenters. The zero-order valence-electron chi connectivity index (χ0n) is 8.94. The van der Waals surface area contributed by atoms with Gasteiger partial charge in [-0.05, 0) is 24.3 Å². The molecule has 17 heavy (non-hydrogen) atoms. The van der Waals surface area contributed by atoms with Crippen LogP contribution in [-0.2, 0) is 10.1 Å². The fourth-order valence-electron chi connectivity index (χ4n) is 1.43. The van der Waals surface area contributed by atoms with Gasteiger partial charge in [0.2, 0.25) is 5.69 Å². The van der Waals surface area contributed by atoms with Crippen LogP contribution in [0, 0.1) is 12.1 Å². The standard InChI is InChI=1S/C10H10N2O4S/c1-8-6-7-11(12(8)13)9-2-4-10(5-3-9)17(14,15)16/h2-7H,1H3,(H,14,15,16). The van der Waals surface area contributed by atoms with Crippen molar-refractivity contribution in [2.45, 2.75) is 11.8 Å². The van der Waals surface area contributed by atoms with Crippen LogP contribution in [0.5, 0.6) is 0 Å². The van der Waals surface area contributed by atoms with E-state index in [0.29, 0.717) is 16.2 Å². The Balaban J connectivity index is 2.46. The highest BCUT2D eigenvalue weighted by Crippen LogP contribution is 2.12. The van der Waals surface area contributed by atoms with E-state index in [1.54, 1.807) is 19.2 Å². The van der Waals surface area contributed by atoms with E-state index in [0.717, 1.165) is 0 Å². The van der Waals surface area contributed by atoms with Crippen molar-refractivity contribution in [3.8, 4) is 5.69 Å². The predicted molar refractivity (Wildman–Crippen MR) is 59.3 cm³/mol. The monoisotopic (exact) mass is 254 g/mol. The van der Waals surface area contributed by atoms with E-state index in [-0.39, 0.29) is 4.90 Å². The number of nitrogens with zero attached hydrogens (tertiary/aromatic N) is 2. The van der Waals surface area contributed by atoms with Crippen molar-refractivity contribution in [3.05, 3.63) is 47.4 Å². The first-order valence-electron chi connectivity index (χ1n) is 4.75. The van der Waals surface area contributed by atoms with Gasteiger partial charge in [-0.1, -0.05) is 4.85 Å². The maximum Gasteiger partial charge on any atom is 0.294 e. The Morgan fingerprint density at radius 3 is 2.24 bits per heavy atom. The summed E-state index contributed by atoms with van der Waals surface area (Å²) in [7, 11) is -4.20. The van der Waals surface area contributed by atoms with Crippen LogP contribution >= 0.6 is 0 Å². The van der Waals surface area contributed by atoms with Crippen molar-refractivity contribution in [1.29, 1.82) is 0 Å². The van der Waals surface area contributed by atoms with Gasteiger partial charge < -0.3 is 5.21 Å². The molecule has 1 N–H and O–H groups in total. The number of rotatable bonds is 2. The third kappa shape index (κ3) is 2.15. The topological polar surface area (TPSA) is 86.2 Å². The van der Waals surface area contributed by atoms with Gasteiger partial charge in [0.15, 0.2) is 0 Å². The van der Waals surface area contributed by atoms with Crippen molar-refractivity contribution in [1.82, 2.24) is 4.68 Å². The summed E-state index contributed by atoms with van der Waals surface area (Å²) in [6.45, 7) is 1.66. The molecule has 0 saturated heterocycles. The minimum Gasteiger partial charge on any atom is -0.595 e. The highest BCUT2D eigenvalue weighted by Gasteiger charge is 2.12. The Kier molecular flexibility index (Phi) is 2.64. The Bertz CT molecular complexity index is 643. The highest BCUT2D eigenvalue weighted by atomic mass is 32.2. The van der Waals surface area contributed by atoms with Gasteiger partial charge in [-0.2, -0.15) is 8.42 Å². The zero-order chi connectivity index (χ0) is 12.6. The van der Waals surface area contributed by atoms with E-state index in [4.69, 9.17) is 4.55 Å². The number of aromatic nitrogens is 2. The molecule has 1 aromatic carbocycles. The van der Waals surface area contributed by atoms with Crippen LogP contribution in [0.2, 0.25) is 0 Å². The largest absolute Gasteiger partial charge is 0.595 e. The number of hydrogen-bond acceptors (Lipinski definition) is 3.